The van der Waals surface area contributed by atoms with E-state index in [4.69, 9.17) is 4.42 Å². The number of carbonyl (C=O) groups excluding carboxylic acids is 1. The van der Waals surface area contributed by atoms with Crippen molar-refractivity contribution in [2.75, 3.05) is 11.1 Å². The second kappa shape index (κ2) is 8.23. The molecular formula is C19H22N4O2S. The van der Waals surface area contributed by atoms with Crippen molar-refractivity contribution in [3.05, 3.63) is 48.2 Å². The van der Waals surface area contributed by atoms with Crippen molar-refractivity contribution in [2.24, 2.45) is 0 Å². The van der Waals surface area contributed by atoms with Gasteiger partial charge in [-0.3, -0.25) is 9.36 Å². The number of hydrogen-bond donors (Lipinski definition) is 1. The van der Waals surface area contributed by atoms with Crippen LogP contribution in [-0.4, -0.2) is 26.4 Å². The summed E-state index contributed by atoms with van der Waals surface area (Å²) in [6, 6.07) is 11.7. The highest BCUT2D eigenvalue weighted by Gasteiger charge is 2.19. The molecule has 0 spiro atoms. The zero-order valence-corrected chi connectivity index (χ0v) is 15.9. The molecule has 2 heterocycles. The Labute approximate surface area is 157 Å². The van der Waals surface area contributed by atoms with Crippen molar-refractivity contribution in [3.63, 3.8) is 0 Å². The lowest BCUT2D eigenvalue weighted by Gasteiger charge is -2.12. The van der Waals surface area contributed by atoms with E-state index in [1.165, 1.54) is 17.3 Å². The maximum atomic E-state index is 12.2. The van der Waals surface area contributed by atoms with Crippen molar-refractivity contribution in [2.45, 2.75) is 38.4 Å². The van der Waals surface area contributed by atoms with Crippen LogP contribution in [0.2, 0.25) is 0 Å². The SMILES string of the molecule is CCc1ccc(NC(=O)CSc2nnc(-c3ccco3)n2C(C)C)cc1. The standard InChI is InChI=1S/C19H22N4O2S/c1-4-14-7-9-15(10-8-14)20-17(24)12-26-19-22-21-18(23(19)13(2)3)16-6-5-11-25-16/h5-11,13H,4,12H2,1-3H3,(H,20,24). The summed E-state index contributed by atoms with van der Waals surface area (Å²) in [5.74, 6) is 1.53. The highest BCUT2D eigenvalue weighted by Crippen LogP contribution is 2.27. The van der Waals surface area contributed by atoms with Crippen LogP contribution in [0.5, 0.6) is 0 Å². The number of nitrogens with one attached hydrogen (secondary N) is 1. The van der Waals surface area contributed by atoms with Gasteiger partial charge in [0.15, 0.2) is 10.9 Å². The predicted molar refractivity (Wildman–Crippen MR) is 103 cm³/mol. The minimum Gasteiger partial charge on any atom is -0.461 e. The van der Waals surface area contributed by atoms with E-state index in [1.807, 2.05) is 41.0 Å². The summed E-state index contributed by atoms with van der Waals surface area (Å²) < 4.78 is 7.41. The minimum absolute atomic E-state index is 0.0721. The number of nitrogens with zero attached hydrogens (tertiary/aromatic N) is 3. The van der Waals surface area contributed by atoms with Crippen LogP contribution in [0.4, 0.5) is 5.69 Å². The third-order valence-electron chi connectivity index (χ3n) is 3.90. The number of benzene rings is 1. The molecule has 0 aliphatic carbocycles. The normalized spacial score (nSPS) is 11.1. The van der Waals surface area contributed by atoms with Gasteiger partial charge in [0.1, 0.15) is 0 Å². The molecule has 1 aromatic carbocycles. The molecule has 7 heteroatoms. The van der Waals surface area contributed by atoms with Gasteiger partial charge >= 0.3 is 0 Å². The van der Waals surface area contributed by atoms with Crippen LogP contribution in [0.1, 0.15) is 32.4 Å². The number of amides is 1. The number of carbonyl (C=O) groups is 1. The van der Waals surface area contributed by atoms with Crippen LogP contribution < -0.4 is 5.32 Å². The van der Waals surface area contributed by atoms with Crippen molar-refractivity contribution in [1.82, 2.24) is 14.8 Å². The van der Waals surface area contributed by atoms with Crippen LogP contribution >= 0.6 is 11.8 Å². The van der Waals surface area contributed by atoms with Crippen molar-refractivity contribution in [3.8, 4) is 11.6 Å². The van der Waals surface area contributed by atoms with E-state index in [1.54, 1.807) is 6.26 Å². The summed E-state index contributed by atoms with van der Waals surface area (Å²) in [7, 11) is 0. The summed E-state index contributed by atoms with van der Waals surface area (Å²) in [4.78, 5) is 12.2. The first-order valence-electron chi connectivity index (χ1n) is 8.58. The smallest absolute Gasteiger partial charge is 0.234 e. The van der Waals surface area contributed by atoms with Crippen LogP contribution in [0.25, 0.3) is 11.6 Å². The van der Waals surface area contributed by atoms with E-state index in [9.17, 15) is 4.79 Å². The number of aromatic nitrogens is 3. The molecule has 0 fully saturated rings. The van der Waals surface area contributed by atoms with Crippen molar-refractivity contribution >= 4 is 23.4 Å². The maximum absolute atomic E-state index is 12.2. The number of aryl methyl sites for hydroxylation is 1. The number of hydrogen-bond acceptors (Lipinski definition) is 5. The molecule has 0 aliphatic heterocycles. The first kappa shape index (κ1) is 18.3. The summed E-state index contributed by atoms with van der Waals surface area (Å²) >= 11 is 1.36. The summed E-state index contributed by atoms with van der Waals surface area (Å²) in [5, 5.41) is 12.1. The van der Waals surface area contributed by atoms with Gasteiger partial charge in [0.2, 0.25) is 11.7 Å². The van der Waals surface area contributed by atoms with E-state index in [-0.39, 0.29) is 17.7 Å². The summed E-state index contributed by atoms with van der Waals surface area (Å²) in [5.41, 5.74) is 2.04. The lowest BCUT2D eigenvalue weighted by atomic mass is 10.1. The summed E-state index contributed by atoms with van der Waals surface area (Å²) in [6.07, 6.45) is 2.59. The van der Waals surface area contributed by atoms with Gasteiger partial charge in [-0.15, -0.1) is 10.2 Å². The third kappa shape index (κ3) is 4.16. The molecule has 3 aromatic rings. The van der Waals surface area contributed by atoms with Gasteiger partial charge in [-0.1, -0.05) is 30.8 Å². The van der Waals surface area contributed by atoms with E-state index in [2.05, 4.69) is 36.3 Å². The van der Waals surface area contributed by atoms with Gasteiger partial charge in [-0.25, -0.2) is 0 Å². The second-order valence-corrected chi connectivity index (χ2v) is 7.08. The highest BCUT2D eigenvalue weighted by molar-refractivity contribution is 7.99. The number of anilines is 1. The van der Waals surface area contributed by atoms with Crippen LogP contribution in [0.15, 0.2) is 52.2 Å². The maximum Gasteiger partial charge on any atom is 0.234 e. The van der Waals surface area contributed by atoms with E-state index in [0.717, 1.165) is 12.1 Å². The molecule has 26 heavy (non-hydrogen) atoms. The molecule has 3 rings (SSSR count). The highest BCUT2D eigenvalue weighted by atomic mass is 32.2. The molecule has 0 radical (unpaired) electrons. The van der Waals surface area contributed by atoms with Gasteiger partial charge < -0.3 is 9.73 Å². The zero-order valence-electron chi connectivity index (χ0n) is 15.1. The Balaban J connectivity index is 1.66. The van der Waals surface area contributed by atoms with Crippen molar-refractivity contribution in [1.29, 1.82) is 0 Å². The molecular weight excluding hydrogens is 348 g/mol. The average molecular weight is 370 g/mol. The number of rotatable bonds is 7. The number of furan rings is 1. The molecule has 136 valence electrons. The lowest BCUT2D eigenvalue weighted by Crippen LogP contribution is -2.15. The fourth-order valence-corrected chi connectivity index (χ4v) is 3.43. The lowest BCUT2D eigenvalue weighted by molar-refractivity contribution is -0.113. The topological polar surface area (TPSA) is 73.0 Å². The van der Waals surface area contributed by atoms with E-state index >= 15 is 0 Å². The molecule has 0 aliphatic rings. The van der Waals surface area contributed by atoms with Crippen LogP contribution in [0, 0.1) is 0 Å². The van der Waals surface area contributed by atoms with Gasteiger partial charge in [-0.2, -0.15) is 0 Å². The Kier molecular flexibility index (Phi) is 5.78. The number of thioether (sulfide) groups is 1. The Morgan fingerprint density at radius 1 is 1.23 bits per heavy atom. The molecule has 6 nitrogen and oxygen atoms in total. The first-order valence-corrected chi connectivity index (χ1v) is 9.57. The quantitative estimate of drug-likeness (QED) is 0.624. The predicted octanol–water partition coefficient (Wildman–Crippen LogP) is 4.41. The molecule has 0 saturated heterocycles. The van der Waals surface area contributed by atoms with E-state index < -0.39 is 0 Å². The molecule has 1 amide bonds. The van der Waals surface area contributed by atoms with Gasteiger partial charge in [-0.05, 0) is 50.1 Å². The van der Waals surface area contributed by atoms with Gasteiger partial charge in [0.05, 0.1) is 12.0 Å². The Morgan fingerprint density at radius 3 is 2.62 bits per heavy atom. The van der Waals surface area contributed by atoms with E-state index in [0.29, 0.717) is 16.7 Å². The zero-order chi connectivity index (χ0) is 18.5. The Bertz CT molecular complexity index is 854. The van der Waals surface area contributed by atoms with Gasteiger partial charge in [0.25, 0.3) is 0 Å². The second-order valence-electron chi connectivity index (χ2n) is 6.13. The largest absolute Gasteiger partial charge is 0.461 e. The fourth-order valence-electron chi connectivity index (χ4n) is 2.57. The van der Waals surface area contributed by atoms with Crippen LogP contribution in [0.3, 0.4) is 0 Å². The Morgan fingerprint density at radius 2 is 2.00 bits per heavy atom. The van der Waals surface area contributed by atoms with Crippen LogP contribution in [-0.2, 0) is 11.2 Å². The fraction of sp³-hybridized carbons (Fsp3) is 0.316. The third-order valence-corrected chi connectivity index (χ3v) is 4.84. The Hall–Kier alpha value is -2.54. The molecule has 2 aromatic heterocycles. The first-order chi connectivity index (χ1) is 12.6. The van der Waals surface area contributed by atoms with Crippen molar-refractivity contribution < 1.29 is 9.21 Å². The van der Waals surface area contributed by atoms with Gasteiger partial charge in [0, 0.05) is 11.7 Å². The minimum atomic E-state index is -0.0721. The molecule has 1 N–H and O–H groups in total. The average Bonchev–Trinajstić information content (AvgIpc) is 3.29. The molecule has 0 atom stereocenters. The monoisotopic (exact) mass is 370 g/mol. The molecule has 0 saturated carbocycles. The summed E-state index contributed by atoms with van der Waals surface area (Å²) in [6.45, 7) is 6.20. The molecule has 0 bridgehead atoms. The molecule has 0 unspecified atom stereocenters.